The molecule has 1 aliphatic heterocycles. The number of carbonyl (C=O) groups is 3. The van der Waals surface area contributed by atoms with Crippen molar-refractivity contribution in [3.8, 4) is 11.8 Å². The Bertz CT molecular complexity index is 1200. The van der Waals surface area contributed by atoms with Gasteiger partial charge in [0, 0.05) is 6.20 Å². The SMILES string of the molecule is COC(=O)c1c(N)c(C#N)cn1-c1ccccc1N1C(=O)c2ccccc2C1=O. The second kappa shape index (κ2) is 6.65. The highest BCUT2D eigenvalue weighted by Crippen LogP contribution is 2.35. The van der Waals surface area contributed by atoms with Gasteiger partial charge in [0.2, 0.25) is 0 Å². The molecule has 4 rings (SSSR count). The standard InChI is InChI=1S/C21H14N4O4/c1-29-21(28)18-17(23)12(10-22)11-24(18)15-8-4-5-9-16(15)25-19(26)13-6-2-3-7-14(13)20(25)27/h2-9,11H,23H2,1H3. The number of esters is 1. The molecule has 2 amide bonds. The predicted molar refractivity (Wildman–Crippen MR) is 104 cm³/mol. The summed E-state index contributed by atoms with van der Waals surface area (Å²) in [6.07, 6.45) is 1.37. The highest BCUT2D eigenvalue weighted by molar-refractivity contribution is 6.35. The molecule has 0 aliphatic carbocycles. The molecule has 0 saturated carbocycles. The van der Waals surface area contributed by atoms with Gasteiger partial charge < -0.3 is 15.0 Å². The number of carbonyl (C=O) groups excluding carboxylic acids is 3. The number of fused-ring (bicyclic) bond motifs is 1. The number of hydrogen-bond acceptors (Lipinski definition) is 6. The Hall–Kier alpha value is -4.38. The largest absolute Gasteiger partial charge is 0.464 e. The van der Waals surface area contributed by atoms with E-state index >= 15 is 0 Å². The molecular weight excluding hydrogens is 372 g/mol. The van der Waals surface area contributed by atoms with Crippen LogP contribution in [-0.4, -0.2) is 29.5 Å². The van der Waals surface area contributed by atoms with E-state index in [0.29, 0.717) is 16.8 Å². The Morgan fingerprint density at radius 3 is 2.10 bits per heavy atom. The van der Waals surface area contributed by atoms with Crippen LogP contribution < -0.4 is 10.6 Å². The van der Waals surface area contributed by atoms with Gasteiger partial charge in [0.15, 0.2) is 5.69 Å². The number of nitrogens with two attached hydrogens (primary N) is 1. The first-order chi connectivity index (χ1) is 14.0. The molecule has 2 aromatic carbocycles. The fourth-order valence-electron chi connectivity index (χ4n) is 3.37. The van der Waals surface area contributed by atoms with E-state index in [4.69, 9.17) is 10.5 Å². The van der Waals surface area contributed by atoms with Gasteiger partial charge in [0.25, 0.3) is 11.8 Å². The molecule has 2 heterocycles. The van der Waals surface area contributed by atoms with Gasteiger partial charge in [0.1, 0.15) is 6.07 Å². The van der Waals surface area contributed by atoms with Crippen molar-refractivity contribution in [2.24, 2.45) is 0 Å². The first kappa shape index (κ1) is 18.0. The minimum Gasteiger partial charge on any atom is -0.464 e. The Balaban J connectivity index is 1.94. The van der Waals surface area contributed by atoms with Crippen molar-refractivity contribution in [3.05, 3.63) is 77.1 Å². The monoisotopic (exact) mass is 386 g/mol. The first-order valence-electron chi connectivity index (χ1n) is 8.56. The Morgan fingerprint density at radius 1 is 1.00 bits per heavy atom. The van der Waals surface area contributed by atoms with Crippen LogP contribution in [0.4, 0.5) is 11.4 Å². The molecule has 0 bridgehead atoms. The van der Waals surface area contributed by atoms with Crippen LogP contribution in [0.2, 0.25) is 0 Å². The number of ether oxygens (including phenoxy) is 1. The van der Waals surface area contributed by atoms with Gasteiger partial charge in [-0.3, -0.25) is 9.59 Å². The van der Waals surface area contributed by atoms with E-state index in [2.05, 4.69) is 0 Å². The van der Waals surface area contributed by atoms with Crippen LogP contribution in [0.5, 0.6) is 0 Å². The van der Waals surface area contributed by atoms with E-state index in [1.54, 1.807) is 48.5 Å². The summed E-state index contributed by atoms with van der Waals surface area (Å²) < 4.78 is 6.16. The Morgan fingerprint density at radius 2 is 1.55 bits per heavy atom. The molecule has 0 unspecified atom stereocenters. The minimum atomic E-state index is -0.749. The van der Waals surface area contributed by atoms with Crippen LogP contribution in [-0.2, 0) is 4.74 Å². The molecule has 8 heteroatoms. The third-order valence-corrected chi connectivity index (χ3v) is 4.72. The zero-order chi connectivity index (χ0) is 20.7. The van der Waals surface area contributed by atoms with E-state index in [-0.39, 0.29) is 22.6 Å². The van der Waals surface area contributed by atoms with Crippen molar-refractivity contribution < 1.29 is 19.1 Å². The zero-order valence-corrected chi connectivity index (χ0v) is 15.2. The van der Waals surface area contributed by atoms with Gasteiger partial charge in [-0.2, -0.15) is 5.26 Å². The molecule has 2 N–H and O–H groups in total. The molecule has 29 heavy (non-hydrogen) atoms. The summed E-state index contributed by atoms with van der Waals surface area (Å²) in [5, 5.41) is 9.33. The third-order valence-electron chi connectivity index (χ3n) is 4.72. The van der Waals surface area contributed by atoms with Crippen molar-refractivity contribution in [1.82, 2.24) is 4.57 Å². The maximum Gasteiger partial charge on any atom is 0.357 e. The first-order valence-corrected chi connectivity index (χ1v) is 8.56. The smallest absolute Gasteiger partial charge is 0.357 e. The highest BCUT2D eigenvalue weighted by atomic mass is 16.5. The second-order valence-corrected chi connectivity index (χ2v) is 6.26. The fraction of sp³-hybridized carbons (Fsp3) is 0.0476. The van der Waals surface area contributed by atoms with Crippen molar-refractivity contribution >= 4 is 29.2 Å². The molecule has 0 radical (unpaired) electrons. The van der Waals surface area contributed by atoms with Gasteiger partial charge in [-0.1, -0.05) is 24.3 Å². The predicted octanol–water partition coefficient (Wildman–Crippen LogP) is 2.52. The summed E-state index contributed by atoms with van der Waals surface area (Å²) in [4.78, 5) is 39.2. The summed E-state index contributed by atoms with van der Waals surface area (Å²) in [6.45, 7) is 0. The van der Waals surface area contributed by atoms with E-state index in [1.165, 1.54) is 17.9 Å². The number of anilines is 2. The van der Waals surface area contributed by atoms with Crippen molar-refractivity contribution in [2.45, 2.75) is 0 Å². The number of nitriles is 1. The summed E-state index contributed by atoms with van der Waals surface area (Å²) in [6, 6.07) is 15.0. The lowest BCUT2D eigenvalue weighted by Gasteiger charge is -2.19. The summed E-state index contributed by atoms with van der Waals surface area (Å²) in [5.41, 5.74) is 7.10. The number of amides is 2. The van der Waals surface area contributed by atoms with Crippen LogP contribution in [0.25, 0.3) is 5.69 Å². The van der Waals surface area contributed by atoms with E-state index in [9.17, 15) is 19.6 Å². The number of para-hydroxylation sites is 2. The van der Waals surface area contributed by atoms with Crippen molar-refractivity contribution in [2.75, 3.05) is 17.7 Å². The molecule has 0 saturated heterocycles. The highest BCUT2D eigenvalue weighted by Gasteiger charge is 2.38. The summed E-state index contributed by atoms with van der Waals surface area (Å²) in [5.74, 6) is -1.70. The van der Waals surface area contributed by atoms with Crippen LogP contribution in [0.1, 0.15) is 36.8 Å². The quantitative estimate of drug-likeness (QED) is 0.546. The molecule has 0 fully saturated rings. The molecular formula is C21H14N4O4. The number of hydrogen-bond donors (Lipinski definition) is 1. The van der Waals surface area contributed by atoms with Gasteiger partial charge >= 0.3 is 5.97 Å². The molecule has 1 aromatic heterocycles. The summed E-state index contributed by atoms with van der Waals surface area (Å²) in [7, 11) is 1.20. The van der Waals surface area contributed by atoms with Crippen LogP contribution in [0, 0.1) is 11.3 Å². The lowest BCUT2D eigenvalue weighted by atomic mass is 10.1. The molecule has 0 spiro atoms. The molecule has 1 aliphatic rings. The van der Waals surface area contributed by atoms with Crippen LogP contribution >= 0.6 is 0 Å². The number of rotatable bonds is 3. The topological polar surface area (TPSA) is 118 Å². The van der Waals surface area contributed by atoms with Gasteiger partial charge in [-0.15, -0.1) is 0 Å². The lowest BCUT2D eigenvalue weighted by Crippen LogP contribution is -2.30. The lowest BCUT2D eigenvalue weighted by molar-refractivity contribution is 0.0592. The number of benzene rings is 2. The van der Waals surface area contributed by atoms with Crippen molar-refractivity contribution in [3.63, 3.8) is 0 Å². The maximum atomic E-state index is 12.9. The maximum absolute atomic E-state index is 12.9. The normalized spacial score (nSPS) is 12.6. The average Bonchev–Trinajstić information content (AvgIpc) is 3.21. The van der Waals surface area contributed by atoms with E-state index in [1.807, 2.05) is 6.07 Å². The molecule has 0 atom stereocenters. The van der Waals surface area contributed by atoms with Gasteiger partial charge in [-0.25, -0.2) is 9.69 Å². The number of nitrogens with zero attached hydrogens (tertiary/aromatic N) is 3. The number of aromatic nitrogens is 1. The third kappa shape index (κ3) is 2.56. The molecule has 8 nitrogen and oxygen atoms in total. The van der Waals surface area contributed by atoms with Crippen LogP contribution in [0.15, 0.2) is 54.7 Å². The summed E-state index contributed by atoms with van der Waals surface area (Å²) >= 11 is 0. The minimum absolute atomic E-state index is 0.0449. The van der Waals surface area contributed by atoms with Gasteiger partial charge in [-0.05, 0) is 24.3 Å². The van der Waals surface area contributed by atoms with Gasteiger partial charge in [0.05, 0.1) is 40.9 Å². The number of nitrogen functional groups attached to an aromatic ring is 1. The van der Waals surface area contributed by atoms with Crippen LogP contribution in [0.3, 0.4) is 0 Å². The van der Waals surface area contributed by atoms with Crippen molar-refractivity contribution in [1.29, 1.82) is 5.26 Å². The molecule has 142 valence electrons. The second-order valence-electron chi connectivity index (χ2n) is 6.26. The zero-order valence-electron chi connectivity index (χ0n) is 15.2. The Kier molecular flexibility index (Phi) is 4.13. The Labute approximate surface area is 165 Å². The average molecular weight is 386 g/mol. The number of methoxy groups -OCH3 is 1. The number of imide groups is 1. The fourth-order valence-corrected chi connectivity index (χ4v) is 3.37. The van der Waals surface area contributed by atoms with E-state index in [0.717, 1.165) is 4.90 Å². The molecule has 3 aromatic rings. The van der Waals surface area contributed by atoms with E-state index < -0.39 is 17.8 Å².